The Balaban J connectivity index is 1.43. The molecule has 1 amide bonds. The molecular weight excluding hydrogens is 427 g/mol. The Hall–Kier alpha value is -3.05. The molecule has 0 radical (unpaired) electrons. The van der Waals surface area contributed by atoms with Gasteiger partial charge in [0.2, 0.25) is 5.91 Å². The number of aryl methyl sites for hydroxylation is 1. The zero-order valence-electron chi connectivity index (χ0n) is 19.7. The second-order valence-electron chi connectivity index (χ2n) is 9.58. The zero-order chi connectivity index (χ0) is 23.5. The van der Waals surface area contributed by atoms with E-state index in [2.05, 4.69) is 36.1 Å². The molecule has 1 aromatic heterocycles. The summed E-state index contributed by atoms with van der Waals surface area (Å²) in [7, 11) is 0. The molecule has 2 saturated heterocycles. The standard InChI is InChI=1S/C29H31FN2O2/c1-21-10-12-23(13-11-21)29(14-17-34-18-15-29)28(33)32-16-4-9-27(32)26-8-3-7-25(31-26)20-22-5-2-6-24(30)19-22/h2-3,5-8,10-13,19,27H,4,9,14-18,20H2,1H3. The fraction of sp³-hybridized carbons (Fsp3) is 0.379. The van der Waals surface area contributed by atoms with Crippen LogP contribution in [0.1, 0.15) is 59.8 Å². The summed E-state index contributed by atoms with van der Waals surface area (Å²) in [6, 6.07) is 21.0. The third-order valence-corrected chi connectivity index (χ3v) is 7.32. The molecular formula is C29H31FN2O2. The highest BCUT2D eigenvalue weighted by atomic mass is 19.1. The fourth-order valence-corrected chi connectivity index (χ4v) is 5.45. The average Bonchev–Trinajstić information content (AvgIpc) is 3.35. The lowest BCUT2D eigenvalue weighted by Crippen LogP contribution is -2.49. The summed E-state index contributed by atoms with van der Waals surface area (Å²) < 4.78 is 19.3. The van der Waals surface area contributed by atoms with Gasteiger partial charge in [-0.3, -0.25) is 9.78 Å². The summed E-state index contributed by atoms with van der Waals surface area (Å²) in [6.07, 6.45) is 3.84. The Bertz CT molecular complexity index is 1150. The van der Waals surface area contributed by atoms with Crippen molar-refractivity contribution >= 4 is 5.91 Å². The molecule has 3 aromatic rings. The number of likely N-dealkylation sites (tertiary alicyclic amines) is 1. The first-order chi connectivity index (χ1) is 16.5. The Kier molecular flexibility index (Phi) is 6.46. The van der Waals surface area contributed by atoms with Gasteiger partial charge in [-0.2, -0.15) is 0 Å². The van der Waals surface area contributed by atoms with Gasteiger partial charge in [0, 0.05) is 31.9 Å². The van der Waals surface area contributed by atoms with Gasteiger partial charge in [0.05, 0.1) is 17.2 Å². The van der Waals surface area contributed by atoms with Gasteiger partial charge in [-0.1, -0.05) is 48.0 Å². The minimum Gasteiger partial charge on any atom is -0.381 e. The van der Waals surface area contributed by atoms with Crippen LogP contribution in [0.2, 0.25) is 0 Å². The van der Waals surface area contributed by atoms with Crippen molar-refractivity contribution in [3.8, 4) is 0 Å². The SMILES string of the molecule is Cc1ccc(C2(C(=O)N3CCCC3c3cccc(Cc4cccc(F)c4)n3)CCOCC2)cc1. The van der Waals surface area contributed by atoms with Gasteiger partial charge in [0.25, 0.3) is 0 Å². The molecule has 34 heavy (non-hydrogen) atoms. The highest BCUT2D eigenvalue weighted by Gasteiger charge is 2.47. The van der Waals surface area contributed by atoms with Crippen molar-refractivity contribution in [2.24, 2.45) is 0 Å². The van der Waals surface area contributed by atoms with E-state index >= 15 is 0 Å². The van der Waals surface area contributed by atoms with Crippen LogP contribution in [0.4, 0.5) is 4.39 Å². The van der Waals surface area contributed by atoms with E-state index < -0.39 is 5.41 Å². The highest BCUT2D eigenvalue weighted by molar-refractivity contribution is 5.89. The van der Waals surface area contributed by atoms with Crippen LogP contribution in [0.3, 0.4) is 0 Å². The van der Waals surface area contributed by atoms with E-state index in [4.69, 9.17) is 9.72 Å². The Morgan fingerprint density at radius 3 is 2.62 bits per heavy atom. The smallest absolute Gasteiger partial charge is 0.233 e. The van der Waals surface area contributed by atoms with Gasteiger partial charge in [-0.15, -0.1) is 0 Å². The molecule has 0 saturated carbocycles. The summed E-state index contributed by atoms with van der Waals surface area (Å²) >= 11 is 0. The summed E-state index contributed by atoms with van der Waals surface area (Å²) in [6.45, 7) is 4.01. The normalized spacial score (nSPS) is 19.8. The predicted octanol–water partition coefficient (Wildman–Crippen LogP) is 5.53. The summed E-state index contributed by atoms with van der Waals surface area (Å²) in [5.74, 6) is -0.0430. The molecule has 3 heterocycles. The molecule has 2 fully saturated rings. The molecule has 0 bridgehead atoms. The van der Waals surface area contributed by atoms with Crippen molar-refractivity contribution in [2.75, 3.05) is 19.8 Å². The van der Waals surface area contributed by atoms with Crippen LogP contribution in [-0.4, -0.2) is 35.5 Å². The molecule has 0 N–H and O–H groups in total. The van der Waals surface area contributed by atoms with Gasteiger partial charge in [-0.25, -0.2) is 4.39 Å². The van der Waals surface area contributed by atoms with Crippen LogP contribution >= 0.6 is 0 Å². The first kappa shape index (κ1) is 22.7. The maximum Gasteiger partial charge on any atom is 0.233 e. The summed E-state index contributed by atoms with van der Waals surface area (Å²) in [5.41, 5.74) is 4.44. The Morgan fingerprint density at radius 2 is 1.85 bits per heavy atom. The van der Waals surface area contributed by atoms with Crippen molar-refractivity contribution in [3.63, 3.8) is 0 Å². The fourth-order valence-electron chi connectivity index (χ4n) is 5.45. The van der Waals surface area contributed by atoms with Gasteiger partial charge >= 0.3 is 0 Å². The van der Waals surface area contributed by atoms with E-state index in [1.807, 2.05) is 24.3 Å². The minimum atomic E-state index is -0.548. The monoisotopic (exact) mass is 458 g/mol. The average molecular weight is 459 g/mol. The van der Waals surface area contributed by atoms with E-state index in [9.17, 15) is 9.18 Å². The molecule has 0 spiro atoms. The molecule has 2 aliphatic rings. The van der Waals surface area contributed by atoms with Crippen LogP contribution in [0, 0.1) is 12.7 Å². The topological polar surface area (TPSA) is 42.4 Å². The van der Waals surface area contributed by atoms with Gasteiger partial charge in [0.15, 0.2) is 0 Å². The molecule has 2 aromatic carbocycles. The predicted molar refractivity (Wildman–Crippen MR) is 130 cm³/mol. The third-order valence-electron chi connectivity index (χ3n) is 7.32. The van der Waals surface area contributed by atoms with Crippen LogP contribution < -0.4 is 0 Å². The molecule has 1 unspecified atom stereocenters. The number of amides is 1. The van der Waals surface area contributed by atoms with Crippen molar-refractivity contribution < 1.29 is 13.9 Å². The molecule has 4 nitrogen and oxygen atoms in total. The first-order valence-electron chi connectivity index (χ1n) is 12.2. The maximum absolute atomic E-state index is 14.2. The van der Waals surface area contributed by atoms with Crippen LogP contribution in [0.5, 0.6) is 0 Å². The number of hydrogen-bond donors (Lipinski definition) is 0. The molecule has 5 heteroatoms. The largest absolute Gasteiger partial charge is 0.381 e. The number of pyridine rings is 1. The van der Waals surface area contributed by atoms with E-state index in [0.717, 1.165) is 41.9 Å². The molecule has 2 aliphatic heterocycles. The van der Waals surface area contributed by atoms with Crippen molar-refractivity contribution in [1.29, 1.82) is 0 Å². The number of ether oxygens (including phenoxy) is 1. The number of rotatable bonds is 5. The van der Waals surface area contributed by atoms with Gasteiger partial charge in [0.1, 0.15) is 5.82 Å². The number of hydrogen-bond acceptors (Lipinski definition) is 3. The van der Waals surface area contributed by atoms with E-state index in [-0.39, 0.29) is 17.8 Å². The van der Waals surface area contributed by atoms with Crippen molar-refractivity contribution in [1.82, 2.24) is 9.88 Å². The maximum atomic E-state index is 14.2. The van der Waals surface area contributed by atoms with Gasteiger partial charge < -0.3 is 9.64 Å². The zero-order valence-corrected chi connectivity index (χ0v) is 19.7. The summed E-state index contributed by atoms with van der Waals surface area (Å²) in [4.78, 5) is 21.2. The number of carbonyl (C=O) groups is 1. The lowest BCUT2D eigenvalue weighted by molar-refractivity contribution is -0.142. The molecule has 5 rings (SSSR count). The molecule has 0 aliphatic carbocycles. The quantitative estimate of drug-likeness (QED) is 0.505. The second kappa shape index (κ2) is 9.67. The van der Waals surface area contributed by atoms with Gasteiger partial charge in [-0.05, 0) is 68.0 Å². The highest BCUT2D eigenvalue weighted by Crippen LogP contribution is 2.41. The Morgan fingerprint density at radius 1 is 1.09 bits per heavy atom. The lowest BCUT2D eigenvalue weighted by Gasteiger charge is -2.40. The van der Waals surface area contributed by atoms with E-state index in [1.54, 1.807) is 12.1 Å². The van der Waals surface area contributed by atoms with E-state index in [0.29, 0.717) is 32.5 Å². The van der Waals surface area contributed by atoms with Crippen LogP contribution in [0.25, 0.3) is 0 Å². The van der Waals surface area contributed by atoms with E-state index in [1.165, 1.54) is 11.6 Å². The number of halogens is 1. The third kappa shape index (κ3) is 4.49. The number of benzene rings is 2. The van der Waals surface area contributed by atoms with Crippen LogP contribution in [-0.2, 0) is 21.4 Å². The second-order valence-corrected chi connectivity index (χ2v) is 9.58. The van der Waals surface area contributed by atoms with Crippen LogP contribution in [0.15, 0.2) is 66.7 Å². The number of aromatic nitrogens is 1. The van der Waals surface area contributed by atoms with Crippen molar-refractivity contribution in [3.05, 3.63) is 101 Å². The van der Waals surface area contributed by atoms with Crippen molar-refractivity contribution in [2.45, 2.75) is 50.5 Å². The number of nitrogens with zero attached hydrogens (tertiary/aromatic N) is 2. The summed E-state index contributed by atoms with van der Waals surface area (Å²) in [5, 5.41) is 0. The minimum absolute atomic E-state index is 0.0369. The Labute approximate surface area is 200 Å². The number of carbonyl (C=O) groups excluding carboxylic acids is 1. The molecule has 176 valence electrons. The molecule has 1 atom stereocenters. The lowest BCUT2D eigenvalue weighted by atomic mass is 9.72. The first-order valence-corrected chi connectivity index (χ1v) is 12.2.